The van der Waals surface area contributed by atoms with Crippen LogP contribution < -0.4 is 5.56 Å². The lowest BCUT2D eigenvalue weighted by molar-refractivity contribution is -0.130. The lowest BCUT2D eigenvalue weighted by Gasteiger charge is -2.34. The van der Waals surface area contributed by atoms with E-state index in [1.54, 1.807) is 23.6 Å². The van der Waals surface area contributed by atoms with Gasteiger partial charge in [-0.2, -0.15) is 0 Å². The highest BCUT2D eigenvalue weighted by Crippen LogP contribution is 2.30. The number of likely N-dealkylation sites (tertiary alicyclic amines) is 2. The molecular weight excluding hydrogens is 316 g/mol. The van der Waals surface area contributed by atoms with E-state index in [2.05, 4.69) is 9.88 Å². The molecule has 2 aliphatic rings. The van der Waals surface area contributed by atoms with Crippen molar-refractivity contribution in [2.45, 2.75) is 51.2 Å². The molecule has 0 unspecified atom stereocenters. The Kier molecular flexibility index (Phi) is 4.29. The maximum Gasteiger partial charge on any atom is 0.258 e. The number of nitrogens with zero attached hydrogens (tertiary/aromatic N) is 4. The first kappa shape index (κ1) is 16.3. The normalized spacial score (nSPS) is 24.3. The predicted molar refractivity (Wildman–Crippen MR) is 95.3 cm³/mol. The van der Waals surface area contributed by atoms with Crippen molar-refractivity contribution in [3.8, 4) is 0 Å². The van der Waals surface area contributed by atoms with Gasteiger partial charge in [-0.25, -0.2) is 4.98 Å². The van der Waals surface area contributed by atoms with Gasteiger partial charge in [0.2, 0.25) is 5.91 Å². The molecule has 1 amide bonds. The second-order valence-corrected chi connectivity index (χ2v) is 7.12. The number of carbonyl (C=O) groups excluding carboxylic acids is 1. The Morgan fingerprint density at radius 2 is 2.00 bits per heavy atom. The lowest BCUT2D eigenvalue weighted by atomic mass is 10.0. The molecule has 2 aromatic rings. The molecule has 0 aromatic carbocycles. The van der Waals surface area contributed by atoms with E-state index in [1.165, 1.54) is 0 Å². The number of rotatable bonds is 3. The van der Waals surface area contributed by atoms with Crippen LogP contribution >= 0.6 is 0 Å². The fourth-order valence-corrected chi connectivity index (χ4v) is 4.46. The molecule has 132 valence electrons. The van der Waals surface area contributed by atoms with E-state index >= 15 is 0 Å². The van der Waals surface area contributed by atoms with Crippen LogP contribution in [0.25, 0.3) is 5.65 Å². The largest absolute Gasteiger partial charge is 0.338 e. The van der Waals surface area contributed by atoms with Crippen molar-refractivity contribution in [3.05, 3.63) is 46.5 Å². The molecule has 4 heterocycles. The summed E-state index contributed by atoms with van der Waals surface area (Å²) in [6.07, 6.45) is 6.16. The zero-order valence-corrected chi connectivity index (χ0v) is 14.6. The van der Waals surface area contributed by atoms with Crippen LogP contribution in [0.5, 0.6) is 0 Å². The molecule has 4 rings (SSSR count). The number of pyridine rings is 1. The monoisotopic (exact) mass is 340 g/mol. The van der Waals surface area contributed by atoms with Gasteiger partial charge < -0.3 is 4.90 Å². The second-order valence-electron chi connectivity index (χ2n) is 7.12. The number of amides is 1. The zero-order chi connectivity index (χ0) is 17.4. The number of aromatic nitrogens is 2. The first-order chi connectivity index (χ1) is 12.1. The van der Waals surface area contributed by atoms with Crippen LogP contribution in [-0.4, -0.2) is 50.3 Å². The smallest absolute Gasteiger partial charge is 0.258 e. The summed E-state index contributed by atoms with van der Waals surface area (Å²) in [6.45, 7) is 4.22. The number of fused-ring (bicyclic) bond motifs is 1. The molecule has 0 radical (unpaired) electrons. The van der Waals surface area contributed by atoms with Gasteiger partial charge in [0, 0.05) is 44.4 Å². The van der Waals surface area contributed by atoms with Gasteiger partial charge in [0.15, 0.2) is 0 Å². The maximum absolute atomic E-state index is 12.3. The highest BCUT2D eigenvalue weighted by atomic mass is 16.2. The fraction of sp³-hybridized carbons (Fsp3) is 0.526. The summed E-state index contributed by atoms with van der Waals surface area (Å²) in [5, 5.41) is 0. The summed E-state index contributed by atoms with van der Waals surface area (Å²) < 4.78 is 1.57. The van der Waals surface area contributed by atoms with E-state index in [9.17, 15) is 9.59 Å². The van der Waals surface area contributed by atoms with Crippen LogP contribution in [0, 0.1) is 0 Å². The Bertz CT molecular complexity index is 847. The van der Waals surface area contributed by atoms with E-state index in [1.807, 2.05) is 23.1 Å². The Morgan fingerprint density at radius 3 is 2.84 bits per heavy atom. The van der Waals surface area contributed by atoms with Crippen LogP contribution in [0.2, 0.25) is 0 Å². The van der Waals surface area contributed by atoms with E-state index in [4.69, 9.17) is 0 Å². The second kappa shape index (κ2) is 6.59. The quantitative estimate of drug-likeness (QED) is 0.853. The molecule has 2 fully saturated rings. The summed E-state index contributed by atoms with van der Waals surface area (Å²) in [4.78, 5) is 33.3. The molecule has 2 aromatic heterocycles. The Morgan fingerprint density at radius 1 is 1.20 bits per heavy atom. The van der Waals surface area contributed by atoms with Crippen LogP contribution in [-0.2, 0) is 11.3 Å². The van der Waals surface area contributed by atoms with Crippen molar-refractivity contribution in [1.82, 2.24) is 19.2 Å². The predicted octanol–water partition coefficient (Wildman–Crippen LogP) is 1.67. The average Bonchev–Trinajstić information content (AvgIpc) is 3.23. The molecule has 2 saturated heterocycles. The molecule has 2 aliphatic heterocycles. The standard InChI is InChI=1S/C19H24N4O2/c1-14(24)22-11-5-7-17(22)16-6-4-9-21(16)13-15-12-19(25)23-10-3-2-8-18(23)20-15/h2-3,8,10,12,16-17H,4-7,9,11,13H2,1H3/t16-,17+/m1/s1. The van der Waals surface area contributed by atoms with Gasteiger partial charge >= 0.3 is 0 Å². The van der Waals surface area contributed by atoms with E-state index in [-0.39, 0.29) is 11.5 Å². The van der Waals surface area contributed by atoms with Gasteiger partial charge in [-0.05, 0) is 44.4 Å². The molecule has 6 nitrogen and oxygen atoms in total. The Hall–Kier alpha value is -2.21. The van der Waals surface area contributed by atoms with Crippen molar-refractivity contribution < 1.29 is 4.79 Å². The van der Waals surface area contributed by atoms with Gasteiger partial charge in [-0.15, -0.1) is 0 Å². The fourth-order valence-electron chi connectivity index (χ4n) is 4.46. The van der Waals surface area contributed by atoms with Gasteiger partial charge in [0.25, 0.3) is 5.56 Å². The zero-order valence-electron chi connectivity index (χ0n) is 14.6. The summed E-state index contributed by atoms with van der Waals surface area (Å²) in [5.74, 6) is 0.177. The molecule has 0 N–H and O–H groups in total. The Labute approximate surface area is 147 Å². The minimum Gasteiger partial charge on any atom is -0.338 e. The molecule has 25 heavy (non-hydrogen) atoms. The minimum atomic E-state index is -0.0393. The summed E-state index contributed by atoms with van der Waals surface area (Å²) in [7, 11) is 0. The van der Waals surface area contributed by atoms with Crippen molar-refractivity contribution in [2.24, 2.45) is 0 Å². The molecule has 0 bridgehead atoms. The number of hydrogen-bond donors (Lipinski definition) is 0. The first-order valence-corrected chi connectivity index (χ1v) is 9.12. The van der Waals surface area contributed by atoms with Crippen LogP contribution in [0.4, 0.5) is 0 Å². The highest BCUT2D eigenvalue weighted by molar-refractivity contribution is 5.74. The van der Waals surface area contributed by atoms with Crippen molar-refractivity contribution in [1.29, 1.82) is 0 Å². The summed E-state index contributed by atoms with van der Waals surface area (Å²) in [6, 6.07) is 7.92. The third-order valence-electron chi connectivity index (χ3n) is 5.55. The topological polar surface area (TPSA) is 57.9 Å². The van der Waals surface area contributed by atoms with E-state index in [0.717, 1.165) is 44.5 Å². The van der Waals surface area contributed by atoms with Gasteiger partial charge in [0.05, 0.1) is 5.69 Å². The van der Waals surface area contributed by atoms with Crippen LogP contribution in [0.1, 0.15) is 38.3 Å². The molecule has 0 aliphatic carbocycles. The van der Waals surface area contributed by atoms with Crippen molar-refractivity contribution in [2.75, 3.05) is 13.1 Å². The van der Waals surface area contributed by atoms with Crippen molar-refractivity contribution in [3.63, 3.8) is 0 Å². The molecule has 0 saturated carbocycles. The molecule has 0 spiro atoms. The number of carbonyl (C=O) groups is 1. The van der Waals surface area contributed by atoms with Crippen LogP contribution in [0.3, 0.4) is 0 Å². The van der Waals surface area contributed by atoms with Gasteiger partial charge in [0.1, 0.15) is 5.65 Å². The van der Waals surface area contributed by atoms with Gasteiger partial charge in [-0.3, -0.25) is 18.9 Å². The first-order valence-electron chi connectivity index (χ1n) is 9.12. The number of hydrogen-bond acceptors (Lipinski definition) is 4. The highest BCUT2D eigenvalue weighted by Gasteiger charge is 2.38. The SMILES string of the molecule is CC(=O)N1CCC[C@H]1[C@H]1CCCN1Cc1cc(=O)n2ccccc2n1. The van der Waals surface area contributed by atoms with Gasteiger partial charge in [-0.1, -0.05) is 6.07 Å². The molecule has 2 atom stereocenters. The summed E-state index contributed by atoms with van der Waals surface area (Å²) >= 11 is 0. The lowest BCUT2D eigenvalue weighted by Crippen LogP contribution is -2.47. The minimum absolute atomic E-state index is 0.0393. The summed E-state index contributed by atoms with van der Waals surface area (Å²) in [5.41, 5.74) is 1.46. The third-order valence-corrected chi connectivity index (χ3v) is 5.55. The van der Waals surface area contributed by atoms with E-state index < -0.39 is 0 Å². The van der Waals surface area contributed by atoms with Crippen molar-refractivity contribution >= 4 is 11.6 Å². The Balaban J connectivity index is 1.57. The van der Waals surface area contributed by atoms with E-state index in [0.29, 0.717) is 24.3 Å². The molecular formula is C19H24N4O2. The average molecular weight is 340 g/mol. The van der Waals surface area contributed by atoms with Crippen LogP contribution in [0.15, 0.2) is 35.3 Å². The third kappa shape index (κ3) is 3.06. The molecule has 6 heteroatoms. The maximum atomic E-state index is 12.3.